The van der Waals surface area contributed by atoms with Gasteiger partial charge in [0.05, 0.1) is 17.8 Å². The van der Waals surface area contributed by atoms with Crippen LogP contribution in [0.2, 0.25) is 0 Å². The maximum Gasteiger partial charge on any atom is 0.319 e. The number of carbonyl (C=O) groups is 2. The molecule has 1 heterocycles. The van der Waals surface area contributed by atoms with Crippen molar-refractivity contribution in [3.63, 3.8) is 0 Å². The normalized spacial score (nSPS) is 9.56. The molecule has 16 heavy (non-hydrogen) atoms. The standard InChI is InChI=1S/C10H13N3O3/c1-7-8(3-2-5-11-7)13-10(16)12-6-4-9(14)15/h2-3,5H,4,6H2,1H3,(H,14,15)(H2,12,13,16). The molecule has 0 atom stereocenters. The fourth-order valence-corrected chi connectivity index (χ4v) is 1.07. The van der Waals surface area contributed by atoms with Gasteiger partial charge in [0.1, 0.15) is 0 Å². The van der Waals surface area contributed by atoms with E-state index in [1.54, 1.807) is 25.3 Å². The number of carbonyl (C=O) groups excluding carboxylic acids is 1. The van der Waals surface area contributed by atoms with Gasteiger partial charge >= 0.3 is 12.0 Å². The number of hydrogen-bond donors (Lipinski definition) is 3. The summed E-state index contributed by atoms with van der Waals surface area (Å²) in [6, 6.07) is 3.00. The van der Waals surface area contributed by atoms with E-state index in [1.165, 1.54) is 0 Å². The quantitative estimate of drug-likeness (QED) is 0.709. The molecule has 1 aromatic rings. The minimum absolute atomic E-state index is 0.0977. The maximum atomic E-state index is 11.3. The summed E-state index contributed by atoms with van der Waals surface area (Å²) in [4.78, 5) is 25.5. The molecule has 0 saturated carbocycles. The Bertz CT molecular complexity index is 393. The molecule has 1 aromatic heterocycles. The lowest BCUT2D eigenvalue weighted by atomic mass is 10.3. The molecule has 0 aliphatic heterocycles. The fraction of sp³-hybridized carbons (Fsp3) is 0.300. The monoisotopic (exact) mass is 223 g/mol. The molecule has 0 spiro atoms. The van der Waals surface area contributed by atoms with Crippen molar-refractivity contribution in [3.8, 4) is 0 Å². The summed E-state index contributed by atoms with van der Waals surface area (Å²) in [5, 5.41) is 13.4. The van der Waals surface area contributed by atoms with Crippen molar-refractivity contribution in [3.05, 3.63) is 24.0 Å². The van der Waals surface area contributed by atoms with Crippen LogP contribution in [0.1, 0.15) is 12.1 Å². The highest BCUT2D eigenvalue weighted by atomic mass is 16.4. The second-order valence-corrected chi connectivity index (χ2v) is 3.16. The number of nitrogens with zero attached hydrogens (tertiary/aromatic N) is 1. The van der Waals surface area contributed by atoms with E-state index in [0.717, 1.165) is 0 Å². The van der Waals surface area contributed by atoms with Crippen LogP contribution in [0.4, 0.5) is 10.5 Å². The Morgan fingerprint density at radius 1 is 1.50 bits per heavy atom. The summed E-state index contributed by atoms with van der Waals surface area (Å²) >= 11 is 0. The van der Waals surface area contributed by atoms with Crippen molar-refractivity contribution in [1.82, 2.24) is 10.3 Å². The molecule has 0 unspecified atom stereocenters. The average Bonchev–Trinajstić information content (AvgIpc) is 2.21. The van der Waals surface area contributed by atoms with Gasteiger partial charge in [-0.1, -0.05) is 0 Å². The molecule has 0 aliphatic carbocycles. The number of hydrogen-bond acceptors (Lipinski definition) is 3. The van der Waals surface area contributed by atoms with Gasteiger partial charge in [-0.3, -0.25) is 9.78 Å². The van der Waals surface area contributed by atoms with Crippen LogP contribution in [0.3, 0.4) is 0 Å². The van der Waals surface area contributed by atoms with E-state index in [0.29, 0.717) is 11.4 Å². The van der Waals surface area contributed by atoms with E-state index in [4.69, 9.17) is 5.11 Å². The Labute approximate surface area is 92.7 Å². The lowest BCUT2D eigenvalue weighted by Crippen LogP contribution is -2.30. The minimum Gasteiger partial charge on any atom is -0.481 e. The third-order valence-corrected chi connectivity index (χ3v) is 1.88. The number of aromatic nitrogens is 1. The topological polar surface area (TPSA) is 91.3 Å². The van der Waals surface area contributed by atoms with Crippen LogP contribution < -0.4 is 10.6 Å². The van der Waals surface area contributed by atoms with Gasteiger partial charge in [-0.25, -0.2) is 4.79 Å². The predicted octanol–water partition coefficient (Wildman–Crippen LogP) is 0.986. The number of aliphatic carboxylic acids is 1. The van der Waals surface area contributed by atoms with E-state index >= 15 is 0 Å². The number of nitrogens with one attached hydrogen (secondary N) is 2. The van der Waals surface area contributed by atoms with Gasteiger partial charge in [-0.15, -0.1) is 0 Å². The molecule has 0 bridgehead atoms. The lowest BCUT2D eigenvalue weighted by Gasteiger charge is -2.07. The number of rotatable bonds is 4. The van der Waals surface area contributed by atoms with E-state index in [2.05, 4.69) is 15.6 Å². The van der Waals surface area contributed by atoms with Crippen LogP contribution in [-0.2, 0) is 4.79 Å². The lowest BCUT2D eigenvalue weighted by molar-refractivity contribution is -0.136. The zero-order chi connectivity index (χ0) is 12.0. The van der Waals surface area contributed by atoms with Crippen molar-refractivity contribution in [2.75, 3.05) is 11.9 Å². The summed E-state index contributed by atoms with van der Waals surface area (Å²) in [7, 11) is 0. The molecule has 86 valence electrons. The Hall–Kier alpha value is -2.11. The first-order valence-corrected chi connectivity index (χ1v) is 4.78. The molecule has 0 aliphatic rings. The van der Waals surface area contributed by atoms with Crippen LogP contribution >= 0.6 is 0 Å². The highest BCUT2D eigenvalue weighted by molar-refractivity contribution is 5.89. The summed E-state index contributed by atoms with van der Waals surface area (Å²) in [6.45, 7) is 1.87. The van der Waals surface area contributed by atoms with Crippen molar-refractivity contribution < 1.29 is 14.7 Å². The van der Waals surface area contributed by atoms with Crippen LogP contribution in [0, 0.1) is 6.92 Å². The van der Waals surface area contributed by atoms with E-state index in [9.17, 15) is 9.59 Å². The van der Waals surface area contributed by atoms with Gasteiger partial charge in [0.2, 0.25) is 0 Å². The number of anilines is 1. The number of carboxylic acid groups (broad SMARTS) is 1. The Morgan fingerprint density at radius 3 is 2.88 bits per heavy atom. The van der Waals surface area contributed by atoms with Crippen LogP contribution in [0.15, 0.2) is 18.3 Å². The van der Waals surface area contributed by atoms with Crippen molar-refractivity contribution in [2.45, 2.75) is 13.3 Å². The SMILES string of the molecule is Cc1ncccc1NC(=O)NCCC(=O)O. The molecule has 0 saturated heterocycles. The second-order valence-electron chi connectivity index (χ2n) is 3.16. The number of pyridine rings is 1. The van der Waals surface area contributed by atoms with Gasteiger partial charge in [0.25, 0.3) is 0 Å². The highest BCUT2D eigenvalue weighted by Crippen LogP contribution is 2.09. The van der Waals surface area contributed by atoms with Crippen LogP contribution in [0.5, 0.6) is 0 Å². The smallest absolute Gasteiger partial charge is 0.319 e. The molecule has 0 fully saturated rings. The molecule has 1 rings (SSSR count). The van der Waals surface area contributed by atoms with Gasteiger partial charge in [0.15, 0.2) is 0 Å². The molecule has 6 nitrogen and oxygen atoms in total. The number of carboxylic acids is 1. The van der Waals surface area contributed by atoms with E-state index < -0.39 is 12.0 Å². The summed E-state index contributed by atoms with van der Waals surface area (Å²) < 4.78 is 0. The molecule has 0 radical (unpaired) electrons. The van der Waals surface area contributed by atoms with Crippen LogP contribution in [-0.4, -0.2) is 28.6 Å². The van der Waals surface area contributed by atoms with Gasteiger partial charge in [-0.05, 0) is 19.1 Å². The summed E-state index contributed by atoms with van der Waals surface area (Å²) in [6.07, 6.45) is 1.53. The number of aryl methyl sites for hydroxylation is 1. The molecule has 6 heteroatoms. The fourth-order valence-electron chi connectivity index (χ4n) is 1.07. The Kier molecular flexibility index (Phi) is 4.26. The highest BCUT2D eigenvalue weighted by Gasteiger charge is 2.04. The second kappa shape index (κ2) is 5.69. The van der Waals surface area contributed by atoms with Gasteiger partial charge < -0.3 is 15.7 Å². The van der Waals surface area contributed by atoms with E-state index in [-0.39, 0.29) is 13.0 Å². The Morgan fingerprint density at radius 2 is 2.25 bits per heavy atom. The third-order valence-electron chi connectivity index (χ3n) is 1.88. The summed E-state index contributed by atoms with van der Waals surface area (Å²) in [5.41, 5.74) is 1.31. The predicted molar refractivity (Wildman–Crippen MR) is 58.2 cm³/mol. The number of urea groups is 1. The molecular formula is C10H13N3O3. The van der Waals surface area contributed by atoms with E-state index in [1.807, 2.05) is 0 Å². The van der Waals surface area contributed by atoms with Crippen molar-refractivity contribution in [1.29, 1.82) is 0 Å². The zero-order valence-corrected chi connectivity index (χ0v) is 8.86. The largest absolute Gasteiger partial charge is 0.481 e. The first kappa shape index (κ1) is 12.0. The molecular weight excluding hydrogens is 210 g/mol. The van der Waals surface area contributed by atoms with Gasteiger partial charge in [-0.2, -0.15) is 0 Å². The summed E-state index contributed by atoms with van der Waals surface area (Å²) in [5.74, 6) is -0.946. The van der Waals surface area contributed by atoms with Crippen LogP contribution in [0.25, 0.3) is 0 Å². The first-order chi connectivity index (χ1) is 7.59. The first-order valence-electron chi connectivity index (χ1n) is 4.78. The molecule has 0 aromatic carbocycles. The zero-order valence-electron chi connectivity index (χ0n) is 8.86. The van der Waals surface area contributed by atoms with Gasteiger partial charge in [0, 0.05) is 12.7 Å². The molecule has 3 N–H and O–H groups in total. The third kappa shape index (κ3) is 3.95. The number of amides is 2. The molecule has 2 amide bonds. The van der Waals surface area contributed by atoms with Crippen molar-refractivity contribution in [2.24, 2.45) is 0 Å². The maximum absolute atomic E-state index is 11.3. The Balaban J connectivity index is 2.40. The van der Waals surface area contributed by atoms with Crippen molar-refractivity contribution >= 4 is 17.7 Å². The average molecular weight is 223 g/mol. The minimum atomic E-state index is -0.946.